The molecule has 2 nitrogen and oxygen atoms in total. The first-order valence-electron chi connectivity index (χ1n) is 7.10. The first kappa shape index (κ1) is 14.8. The molecule has 0 N–H and O–H groups in total. The Morgan fingerprint density at radius 3 is 2.71 bits per heavy atom. The van der Waals surface area contributed by atoms with Gasteiger partial charge in [0.2, 0.25) is 0 Å². The van der Waals surface area contributed by atoms with Crippen molar-refractivity contribution in [1.29, 1.82) is 0 Å². The number of esters is 1. The average Bonchev–Trinajstić information content (AvgIpc) is 3.01. The van der Waals surface area contributed by atoms with Crippen molar-refractivity contribution >= 4 is 33.2 Å². The second-order valence-corrected chi connectivity index (χ2v) is 7.69. The summed E-state index contributed by atoms with van der Waals surface area (Å²) >= 11 is 5.45. The zero-order valence-corrected chi connectivity index (χ0v) is 14.5. The molecule has 0 bridgehead atoms. The predicted molar refractivity (Wildman–Crippen MR) is 88.9 cm³/mol. The Morgan fingerprint density at radius 1 is 1.38 bits per heavy atom. The minimum absolute atomic E-state index is 0.1000. The quantitative estimate of drug-likeness (QED) is 0.746. The standard InChI is InChI=1S/C17H17BrO2S/c1-3-11-15-13(21-16(11)18)9-12(17(19)20-2)14(15)10-7-5-4-6-8-10/h4-8,12,14H,3,9H2,1-2H3/t12-,14-/m1/s1. The van der Waals surface area contributed by atoms with Crippen molar-refractivity contribution in [2.45, 2.75) is 25.7 Å². The number of carbonyl (C=O) groups excluding carboxylic acids is 1. The van der Waals surface area contributed by atoms with Gasteiger partial charge in [0.25, 0.3) is 0 Å². The summed E-state index contributed by atoms with van der Waals surface area (Å²) in [6.45, 7) is 2.17. The summed E-state index contributed by atoms with van der Waals surface area (Å²) in [5.74, 6) is -0.0892. The third kappa shape index (κ3) is 2.44. The molecule has 1 aliphatic rings. The summed E-state index contributed by atoms with van der Waals surface area (Å²) in [7, 11) is 1.48. The molecule has 0 spiro atoms. The molecule has 0 amide bonds. The summed E-state index contributed by atoms with van der Waals surface area (Å²) in [5.41, 5.74) is 3.89. The van der Waals surface area contributed by atoms with E-state index in [1.54, 1.807) is 11.3 Å². The summed E-state index contributed by atoms with van der Waals surface area (Å²) in [5, 5.41) is 0. The van der Waals surface area contributed by atoms with Crippen LogP contribution in [0.3, 0.4) is 0 Å². The van der Waals surface area contributed by atoms with Crippen LogP contribution in [0.25, 0.3) is 0 Å². The van der Waals surface area contributed by atoms with Gasteiger partial charge in [0.05, 0.1) is 16.8 Å². The second kappa shape index (κ2) is 5.93. The third-order valence-electron chi connectivity index (χ3n) is 4.21. The Balaban J connectivity index is 2.14. The van der Waals surface area contributed by atoms with Gasteiger partial charge in [-0.1, -0.05) is 37.3 Å². The van der Waals surface area contributed by atoms with E-state index in [0.29, 0.717) is 0 Å². The first-order valence-corrected chi connectivity index (χ1v) is 8.71. The largest absolute Gasteiger partial charge is 0.469 e. The topological polar surface area (TPSA) is 26.3 Å². The first-order chi connectivity index (χ1) is 10.2. The number of thiophene rings is 1. The molecule has 0 saturated carbocycles. The summed E-state index contributed by atoms with van der Waals surface area (Å²) < 4.78 is 6.25. The van der Waals surface area contributed by atoms with Gasteiger partial charge in [-0.2, -0.15) is 0 Å². The molecule has 0 saturated heterocycles. The molecule has 0 aliphatic heterocycles. The number of rotatable bonds is 3. The number of carbonyl (C=O) groups is 1. The number of methoxy groups -OCH3 is 1. The molecular weight excluding hydrogens is 348 g/mol. The van der Waals surface area contributed by atoms with E-state index >= 15 is 0 Å². The van der Waals surface area contributed by atoms with Crippen molar-refractivity contribution < 1.29 is 9.53 Å². The molecule has 0 radical (unpaired) electrons. The zero-order chi connectivity index (χ0) is 15.0. The highest BCUT2D eigenvalue weighted by Crippen LogP contribution is 2.50. The molecule has 110 valence electrons. The molecule has 0 unspecified atom stereocenters. The van der Waals surface area contributed by atoms with Crippen LogP contribution >= 0.6 is 27.3 Å². The van der Waals surface area contributed by atoms with Gasteiger partial charge in [-0.05, 0) is 45.5 Å². The lowest BCUT2D eigenvalue weighted by molar-refractivity contribution is -0.145. The van der Waals surface area contributed by atoms with E-state index in [1.165, 1.54) is 32.5 Å². The average molecular weight is 365 g/mol. The molecule has 1 aliphatic carbocycles. The highest BCUT2D eigenvalue weighted by molar-refractivity contribution is 9.11. The van der Waals surface area contributed by atoms with E-state index in [1.807, 2.05) is 18.2 Å². The minimum atomic E-state index is -0.106. The van der Waals surface area contributed by atoms with Crippen molar-refractivity contribution in [3.05, 3.63) is 55.7 Å². The number of ether oxygens (including phenoxy) is 1. The normalized spacial score (nSPS) is 20.3. The lowest BCUT2D eigenvalue weighted by Crippen LogP contribution is -2.22. The Bertz CT molecular complexity index is 663. The van der Waals surface area contributed by atoms with Crippen LogP contribution in [0.1, 0.15) is 34.4 Å². The summed E-state index contributed by atoms with van der Waals surface area (Å²) in [6.07, 6.45) is 1.76. The van der Waals surface area contributed by atoms with Crippen LogP contribution in [-0.4, -0.2) is 13.1 Å². The fraction of sp³-hybridized carbons (Fsp3) is 0.353. The van der Waals surface area contributed by atoms with Crippen molar-refractivity contribution in [1.82, 2.24) is 0 Å². The van der Waals surface area contributed by atoms with Crippen LogP contribution in [-0.2, 0) is 22.4 Å². The van der Waals surface area contributed by atoms with Gasteiger partial charge in [-0.15, -0.1) is 11.3 Å². The molecule has 4 heteroatoms. The molecule has 21 heavy (non-hydrogen) atoms. The number of fused-ring (bicyclic) bond motifs is 1. The van der Waals surface area contributed by atoms with Gasteiger partial charge in [-0.3, -0.25) is 4.79 Å². The van der Waals surface area contributed by atoms with Crippen LogP contribution < -0.4 is 0 Å². The summed E-state index contributed by atoms with van der Waals surface area (Å²) in [6, 6.07) is 10.3. The molecule has 0 fully saturated rings. The Labute approximate surface area is 137 Å². The number of hydrogen-bond donors (Lipinski definition) is 0. The van der Waals surface area contributed by atoms with Gasteiger partial charge < -0.3 is 4.74 Å². The van der Waals surface area contributed by atoms with E-state index < -0.39 is 0 Å². The molecule has 1 heterocycles. The van der Waals surface area contributed by atoms with Crippen molar-refractivity contribution in [2.24, 2.45) is 5.92 Å². The van der Waals surface area contributed by atoms with Crippen LogP contribution in [0.4, 0.5) is 0 Å². The zero-order valence-electron chi connectivity index (χ0n) is 12.1. The lowest BCUT2D eigenvalue weighted by atomic mass is 9.84. The molecular formula is C17H17BrO2S. The number of halogens is 1. The lowest BCUT2D eigenvalue weighted by Gasteiger charge is -2.20. The van der Waals surface area contributed by atoms with Crippen LogP contribution in [0.15, 0.2) is 34.1 Å². The molecule has 1 aromatic carbocycles. The number of benzene rings is 1. The highest BCUT2D eigenvalue weighted by atomic mass is 79.9. The molecule has 2 atom stereocenters. The number of hydrogen-bond acceptors (Lipinski definition) is 3. The maximum absolute atomic E-state index is 12.2. The Hall–Kier alpha value is -1.13. The highest BCUT2D eigenvalue weighted by Gasteiger charge is 2.42. The molecule has 2 aromatic rings. The maximum atomic E-state index is 12.2. The van der Waals surface area contributed by atoms with E-state index in [-0.39, 0.29) is 17.8 Å². The van der Waals surface area contributed by atoms with Gasteiger partial charge in [0.15, 0.2) is 0 Å². The van der Waals surface area contributed by atoms with Gasteiger partial charge in [0.1, 0.15) is 0 Å². The fourth-order valence-corrected chi connectivity index (χ4v) is 5.59. The molecule has 3 rings (SSSR count). The maximum Gasteiger partial charge on any atom is 0.309 e. The fourth-order valence-electron chi connectivity index (χ4n) is 3.29. The van der Waals surface area contributed by atoms with Crippen molar-refractivity contribution in [2.75, 3.05) is 7.11 Å². The summed E-state index contributed by atoms with van der Waals surface area (Å²) in [4.78, 5) is 13.5. The van der Waals surface area contributed by atoms with E-state index in [9.17, 15) is 4.79 Å². The second-order valence-electron chi connectivity index (χ2n) is 5.27. The van der Waals surface area contributed by atoms with Crippen LogP contribution in [0, 0.1) is 5.92 Å². The Kier molecular flexibility index (Phi) is 4.18. The SMILES string of the molecule is CCc1c(Br)sc2c1[C@H](c1ccccc1)[C@H](C(=O)OC)C2. The van der Waals surface area contributed by atoms with Gasteiger partial charge in [0, 0.05) is 10.8 Å². The smallest absolute Gasteiger partial charge is 0.309 e. The van der Waals surface area contributed by atoms with E-state index in [2.05, 4.69) is 35.0 Å². The molecule has 1 aromatic heterocycles. The predicted octanol–water partition coefficient (Wildman–Crippen LogP) is 4.55. The Morgan fingerprint density at radius 2 is 2.10 bits per heavy atom. The van der Waals surface area contributed by atoms with Crippen molar-refractivity contribution in [3.63, 3.8) is 0 Å². The minimum Gasteiger partial charge on any atom is -0.469 e. The van der Waals surface area contributed by atoms with E-state index in [0.717, 1.165) is 12.8 Å². The van der Waals surface area contributed by atoms with Crippen LogP contribution in [0.5, 0.6) is 0 Å². The van der Waals surface area contributed by atoms with Gasteiger partial charge >= 0.3 is 5.97 Å². The van der Waals surface area contributed by atoms with E-state index in [4.69, 9.17) is 4.74 Å². The monoisotopic (exact) mass is 364 g/mol. The van der Waals surface area contributed by atoms with Crippen molar-refractivity contribution in [3.8, 4) is 0 Å². The van der Waals surface area contributed by atoms with Gasteiger partial charge in [-0.25, -0.2) is 0 Å². The van der Waals surface area contributed by atoms with Crippen LogP contribution in [0.2, 0.25) is 0 Å². The third-order valence-corrected chi connectivity index (χ3v) is 6.23.